The summed E-state index contributed by atoms with van der Waals surface area (Å²) in [4.78, 5) is 0. The van der Waals surface area contributed by atoms with Crippen molar-refractivity contribution in [1.82, 2.24) is 5.32 Å². The first-order valence-electron chi connectivity index (χ1n) is 5.88. The Balaban J connectivity index is 2.94. The number of phenolic OH excluding ortho intramolecular Hbond substituents is 1. The van der Waals surface area contributed by atoms with Crippen molar-refractivity contribution in [2.75, 3.05) is 6.54 Å². The van der Waals surface area contributed by atoms with Crippen LogP contribution < -0.4 is 5.32 Å². The number of nitriles is 1. The van der Waals surface area contributed by atoms with E-state index < -0.39 is 0 Å². The molecule has 92 valence electrons. The first-order chi connectivity index (χ1) is 7.95. The van der Waals surface area contributed by atoms with Crippen LogP contribution in [0, 0.1) is 31.1 Å². The minimum Gasteiger partial charge on any atom is -0.507 e. The number of aryl methyl sites for hydroxylation is 2. The number of rotatable bonds is 4. The SMILES string of the molecule is Cc1cc(C(C#N)NCC(C)C)cc(C)c1O. The minimum atomic E-state index is -0.310. The van der Waals surface area contributed by atoms with Gasteiger partial charge in [0, 0.05) is 0 Å². The smallest absolute Gasteiger partial charge is 0.121 e. The van der Waals surface area contributed by atoms with Gasteiger partial charge in [-0.1, -0.05) is 13.8 Å². The number of benzene rings is 1. The molecule has 0 saturated carbocycles. The normalized spacial score (nSPS) is 12.5. The molecule has 0 saturated heterocycles. The molecular weight excluding hydrogens is 212 g/mol. The summed E-state index contributed by atoms with van der Waals surface area (Å²) < 4.78 is 0. The molecule has 0 bridgehead atoms. The Labute approximate surface area is 103 Å². The lowest BCUT2D eigenvalue weighted by molar-refractivity contribution is 0.465. The van der Waals surface area contributed by atoms with Gasteiger partial charge < -0.3 is 5.11 Å². The van der Waals surface area contributed by atoms with Crippen LogP contribution in [0.4, 0.5) is 0 Å². The molecule has 0 aliphatic rings. The van der Waals surface area contributed by atoms with Crippen LogP contribution in [0.2, 0.25) is 0 Å². The van der Waals surface area contributed by atoms with Gasteiger partial charge in [0.2, 0.25) is 0 Å². The Kier molecular flexibility index (Phi) is 4.53. The van der Waals surface area contributed by atoms with Gasteiger partial charge >= 0.3 is 0 Å². The fourth-order valence-electron chi connectivity index (χ4n) is 1.75. The van der Waals surface area contributed by atoms with Crippen LogP contribution in [0.1, 0.15) is 36.6 Å². The van der Waals surface area contributed by atoms with Crippen molar-refractivity contribution in [2.24, 2.45) is 5.92 Å². The molecular formula is C14H20N2O. The molecule has 1 rings (SSSR count). The van der Waals surface area contributed by atoms with E-state index in [1.165, 1.54) is 0 Å². The number of hydrogen-bond acceptors (Lipinski definition) is 3. The Morgan fingerprint density at radius 3 is 2.24 bits per heavy atom. The Morgan fingerprint density at radius 2 is 1.82 bits per heavy atom. The molecule has 0 radical (unpaired) electrons. The average molecular weight is 232 g/mol. The quantitative estimate of drug-likeness (QED) is 0.839. The second kappa shape index (κ2) is 5.70. The van der Waals surface area contributed by atoms with Crippen molar-refractivity contribution in [3.05, 3.63) is 28.8 Å². The highest BCUT2D eigenvalue weighted by atomic mass is 16.3. The zero-order valence-electron chi connectivity index (χ0n) is 10.9. The second-order valence-electron chi connectivity index (χ2n) is 4.87. The van der Waals surface area contributed by atoms with Crippen molar-refractivity contribution in [3.63, 3.8) is 0 Å². The summed E-state index contributed by atoms with van der Waals surface area (Å²) in [5.74, 6) is 0.819. The standard InChI is InChI=1S/C14H20N2O/c1-9(2)8-16-13(7-15)12-5-10(3)14(17)11(4)6-12/h5-6,9,13,16-17H,8H2,1-4H3. The van der Waals surface area contributed by atoms with Crippen LogP contribution in [0.5, 0.6) is 5.75 Å². The Morgan fingerprint density at radius 1 is 1.29 bits per heavy atom. The maximum absolute atomic E-state index is 9.70. The van der Waals surface area contributed by atoms with E-state index in [4.69, 9.17) is 5.26 Å². The number of aromatic hydroxyl groups is 1. The third kappa shape index (κ3) is 3.47. The van der Waals surface area contributed by atoms with E-state index in [1.54, 1.807) is 0 Å². The molecule has 0 amide bonds. The second-order valence-corrected chi connectivity index (χ2v) is 4.87. The van der Waals surface area contributed by atoms with E-state index in [2.05, 4.69) is 25.2 Å². The molecule has 1 aromatic rings. The van der Waals surface area contributed by atoms with Gasteiger partial charge in [-0.15, -0.1) is 0 Å². The Bertz CT molecular complexity index is 409. The van der Waals surface area contributed by atoms with Crippen molar-refractivity contribution in [1.29, 1.82) is 5.26 Å². The lowest BCUT2D eigenvalue weighted by Crippen LogP contribution is -2.24. The molecule has 3 heteroatoms. The average Bonchev–Trinajstić information content (AvgIpc) is 2.26. The van der Waals surface area contributed by atoms with Crippen LogP contribution in [0.25, 0.3) is 0 Å². The first-order valence-corrected chi connectivity index (χ1v) is 5.88. The highest BCUT2D eigenvalue weighted by Gasteiger charge is 2.13. The zero-order valence-corrected chi connectivity index (χ0v) is 10.9. The van der Waals surface area contributed by atoms with E-state index in [9.17, 15) is 5.11 Å². The van der Waals surface area contributed by atoms with Gasteiger partial charge in [0.15, 0.2) is 0 Å². The summed E-state index contributed by atoms with van der Waals surface area (Å²) in [5.41, 5.74) is 2.54. The maximum atomic E-state index is 9.70. The van der Waals surface area contributed by atoms with Gasteiger partial charge in [-0.25, -0.2) is 0 Å². The van der Waals surface area contributed by atoms with E-state index in [0.717, 1.165) is 23.2 Å². The molecule has 1 atom stereocenters. The van der Waals surface area contributed by atoms with Crippen molar-refractivity contribution in [2.45, 2.75) is 33.7 Å². The fourth-order valence-corrected chi connectivity index (χ4v) is 1.75. The predicted octanol–water partition coefficient (Wildman–Crippen LogP) is 2.82. The molecule has 0 aliphatic heterocycles. The lowest BCUT2D eigenvalue weighted by atomic mass is 10.0. The van der Waals surface area contributed by atoms with Gasteiger partial charge in [0.05, 0.1) is 6.07 Å². The van der Waals surface area contributed by atoms with Crippen molar-refractivity contribution in [3.8, 4) is 11.8 Å². The monoisotopic (exact) mass is 232 g/mol. The topological polar surface area (TPSA) is 56.0 Å². The van der Waals surface area contributed by atoms with Crippen molar-refractivity contribution >= 4 is 0 Å². The molecule has 1 aromatic carbocycles. The minimum absolute atomic E-state index is 0.310. The maximum Gasteiger partial charge on any atom is 0.121 e. The Hall–Kier alpha value is -1.53. The predicted molar refractivity (Wildman–Crippen MR) is 68.8 cm³/mol. The summed E-state index contributed by atoms with van der Waals surface area (Å²) in [6.45, 7) is 8.71. The molecule has 0 aromatic heterocycles. The van der Waals surface area contributed by atoms with E-state index >= 15 is 0 Å². The van der Waals surface area contributed by atoms with Crippen LogP contribution in [0.3, 0.4) is 0 Å². The van der Waals surface area contributed by atoms with Crippen LogP contribution in [-0.2, 0) is 0 Å². The largest absolute Gasteiger partial charge is 0.507 e. The highest BCUT2D eigenvalue weighted by molar-refractivity contribution is 5.44. The molecule has 0 heterocycles. The third-order valence-corrected chi connectivity index (χ3v) is 2.71. The van der Waals surface area contributed by atoms with Crippen molar-refractivity contribution < 1.29 is 5.11 Å². The molecule has 17 heavy (non-hydrogen) atoms. The summed E-state index contributed by atoms with van der Waals surface area (Å²) in [6.07, 6.45) is 0. The third-order valence-electron chi connectivity index (χ3n) is 2.71. The van der Waals surface area contributed by atoms with Crippen LogP contribution in [-0.4, -0.2) is 11.7 Å². The first kappa shape index (κ1) is 13.5. The number of hydrogen-bond donors (Lipinski definition) is 2. The highest BCUT2D eigenvalue weighted by Crippen LogP contribution is 2.26. The number of phenols is 1. The molecule has 2 N–H and O–H groups in total. The van der Waals surface area contributed by atoms with Crippen LogP contribution in [0.15, 0.2) is 12.1 Å². The lowest BCUT2D eigenvalue weighted by Gasteiger charge is -2.15. The summed E-state index contributed by atoms with van der Waals surface area (Å²) in [5, 5.41) is 22.1. The van der Waals surface area contributed by atoms with Gasteiger partial charge in [-0.2, -0.15) is 5.26 Å². The van der Waals surface area contributed by atoms with E-state index in [1.807, 2.05) is 26.0 Å². The van der Waals surface area contributed by atoms with E-state index in [0.29, 0.717) is 11.7 Å². The number of nitrogens with zero attached hydrogens (tertiary/aromatic N) is 1. The molecule has 1 unspecified atom stereocenters. The zero-order chi connectivity index (χ0) is 13.0. The van der Waals surface area contributed by atoms with Gasteiger partial charge in [-0.3, -0.25) is 5.32 Å². The summed E-state index contributed by atoms with van der Waals surface area (Å²) in [7, 11) is 0. The number of nitrogens with one attached hydrogen (secondary N) is 1. The molecule has 0 fully saturated rings. The van der Waals surface area contributed by atoms with Gasteiger partial charge in [0.25, 0.3) is 0 Å². The van der Waals surface area contributed by atoms with E-state index in [-0.39, 0.29) is 6.04 Å². The summed E-state index contributed by atoms with van der Waals surface area (Å²) in [6, 6.07) is 5.67. The van der Waals surface area contributed by atoms with Gasteiger partial charge in [0.1, 0.15) is 11.8 Å². The van der Waals surface area contributed by atoms with Gasteiger partial charge in [-0.05, 0) is 55.1 Å². The molecule has 0 spiro atoms. The fraction of sp³-hybridized carbons (Fsp3) is 0.500. The molecule has 0 aliphatic carbocycles. The van der Waals surface area contributed by atoms with Crippen LogP contribution >= 0.6 is 0 Å². The molecule has 3 nitrogen and oxygen atoms in total. The summed E-state index contributed by atoms with van der Waals surface area (Å²) >= 11 is 0.